The molecule has 0 unspecified atom stereocenters. The molecule has 1 saturated heterocycles. The number of anilines is 1. The van der Waals surface area contributed by atoms with Crippen LogP contribution in [0.25, 0.3) is 0 Å². The Morgan fingerprint density at radius 3 is 2.37 bits per heavy atom. The van der Waals surface area contributed by atoms with Crippen LogP contribution < -0.4 is 5.32 Å². The molecule has 3 rings (SSSR count). The molecule has 0 radical (unpaired) electrons. The van der Waals surface area contributed by atoms with Gasteiger partial charge in [-0.3, -0.25) is 9.69 Å². The van der Waals surface area contributed by atoms with Gasteiger partial charge in [-0.2, -0.15) is 13.2 Å². The standard InChI is InChI=1S/C22H25F3IN3O/c1-3-15-4-5-16(13-20(15)26)21(30)27-18-6-7-19(22(23,24)25)17(12-18)14-29-10-8-28(2)9-11-29/h4-7,12-13H,3,8-11,14H2,1-2H3,(H,27,30). The third-order valence-electron chi connectivity index (χ3n) is 5.35. The fourth-order valence-electron chi connectivity index (χ4n) is 3.50. The summed E-state index contributed by atoms with van der Waals surface area (Å²) in [6, 6.07) is 9.27. The second-order valence-electron chi connectivity index (χ2n) is 7.56. The lowest BCUT2D eigenvalue weighted by molar-refractivity contribution is -0.138. The van der Waals surface area contributed by atoms with E-state index in [0.29, 0.717) is 24.3 Å². The molecule has 1 heterocycles. The molecule has 162 valence electrons. The third-order valence-corrected chi connectivity index (χ3v) is 6.36. The number of alkyl halides is 3. The van der Waals surface area contributed by atoms with Gasteiger partial charge in [0.25, 0.3) is 5.91 Å². The van der Waals surface area contributed by atoms with E-state index in [2.05, 4.69) is 32.8 Å². The SMILES string of the molecule is CCc1ccc(C(=O)Nc2ccc(C(F)(F)F)c(CN3CCN(C)CC3)c2)cc1I. The van der Waals surface area contributed by atoms with Crippen molar-refractivity contribution in [1.29, 1.82) is 0 Å². The number of piperazine rings is 1. The minimum atomic E-state index is -4.43. The molecule has 0 atom stereocenters. The summed E-state index contributed by atoms with van der Waals surface area (Å²) in [4.78, 5) is 16.8. The zero-order valence-corrected chi connectivity index (χ0v) is 19.2. The summed E-state index contributed by atoms with van der Waals surface area (Å²) >= 11 is 2.19. The Morgan fingerprint density at radius 2 is 1.77 bits per heavy atom. The van der Waals surface area contributed by atoms with Crippen LogP contribution in [-0.4, -0.2) is 48.9 Å². The normalized spacial score (nSPS) is 15.9. The van der Waals surface area contributed by atoms with E-state index in [4.69, 9.17) is 0 Å². The van der Waals surface area contributed by atoms with E-state index in [0.717, 1.165) is 34.7 Å². The van der Waals surface area contributed by atoms with E-state index in [1.807, 2.05) is 24.9 Å². The summed E-state index contributed by atoms with van der Waals surface area (Å²) in [7, 11) is 2.00. The number of likely N-dealkylation sites (N-methyl/N-ethyl adjacent to an activating group) is 1. The fourth-order valence-corrected chi connectivity index (χ4v) is 4.40. The summed E-state index contributed by atoms with van der Waals surface area (Å²) in [6.45, 7) is 5.32. The number of aryl methyl sites for hydroxylation is 1. The number of carbonyl (C=O) groups is 1. The Labute approximate surface area is 188 Å². The maximum Gasteiger partial charge on any atom is 0.416 e. The summed E-state index contributed by atoms with van der Waals surface area (Å²) in [5, 5.41) is 2.75. The van der Waals surface area contributed by atoms with Gasteiger partial charge in [0.2, 0.25) is 0 Å². The molecular formula is C22H25F3IN3O. The Balaban J connectivity index is 1.81. The van der Waals surface area contributed by atoms with Crippen molar-refractivity contribution in [1.82, 2.24) is 9.80 Å². The minimum Gasteiger partial charge on any atom is -0.322 e. The highest BCUT2D eigenvalue weighted by molar-refractivity contribution is 14.1. The zero-order valence-electron chi connectivity index (χ0n) is 17.0. The van der Waals surface area contributed by atoms with Crippen molar-refractivity contribution in [2.75, 3.05) is 38.5 Å². The summed E-state index contributed by atoms with van der Waals surface area (Å²) in [5.41, 5.74) is 1.53. The predicted molar refractivity (Wildman–Crippen MR) is 121 cm³/mol. The number of nitrogens with zero attached hydrogens (tertiary/aromatic N) is 2. The third kappa shape index (κ3) is 5.73. The Kier molecular flexibility index (Phi) is 7.41. The van der Waals surface area contributed by atoms with E-state index in [9.17, 15) is 18.0 Å². The van der Waals surface area contributed by atoms with Crippen LogP contribution in [0.2, 0.25) is 0 Å². The smallest absolute Gasteiger partial charge is 0.322 e. The van der Waals surface area contributed by atoms with E-state index in [-0.39, 0.29) is 18.0 Å². The number of rotatable bonds is 5. The molecule has 8 heteroatoms. The van der Waals surface area contributed by atoms with Crippen LogP contribution in [0.1, 0.15) is 34.0 Å². The van der Waals surface area contributed by atoms with E-state index in [1.165, 1.54) is 12.1 Å². The lowest BCUT2D eigenvalue weighted by Crippen LogP contribution is -2.44. The topological polar surface area (TPSA) is 35.6 Å². The first-order valence-corrected chi connectivity index (χ1v) is 11.0. The Morgan fingerprint density at radius 1 is 1.07 bits per heavy atom. The average molecular weight is 531 g/mol. The van der Waals surface area contributed by atoms with Crippen molar-refractivity contribution in [3.05, 3.63) is 62.2 Å². The first-order valence-electron chi connectivity index (χ1n) is 9.88. The number of hydrogen-bond donors (Lipinski definition) is 1. The summed E-state index contributed by atoms with van der Waals surface area (Å²) < 4.78 is 41.6. The van der Waals surface area contributed by atoms with E-state index < -0.39 is 11.7 Å². The highest BCUT2D eigenvalue weighted by Gasteiger charge is 2.34. The van der Waals surface area contributed by atoms with Crippen LogP contribution in [0.3, 0.4) is 0 Å². The molecule has 2 aromatic carbocycles. The van der Waals surface area contributed by atoms with Gasteiger partial charge in [-0.15, -0.1) is 0 Å². The largest absolute Gasteiger partial charge is 0.416 e. The zero-order chi connectivity index (χ0) is 21.9. The van der Waals surface area contributed by atoms with E-state index in [1.54, 1.807) is 12.1 Å². The van der Waals surface area contributed by atoms with E-state index >= 15 is 0 Å². The number of amides is 1. The summed E-state index contributed by atoms with van der Waals surface area (Å²) in [5.74, 6) is -0.333. The Hall–Kier alpha value is -1.65. The van der Waals surface area contributed by atoms with Gasteiger partial charge >= 0.3 is 6.18 Å². The number of benzene rings is 2. The molecular weight excluding hydrogens is 506 g/mol. The van der Waals surface area contributed by atoms with Gasteiger partial charge < -0.3 is 10.2 Å². The van der Waals surface area contributed by atoms with Crippen LogP contribution in [0.4, 0.5) is 18.9 Å². The lowest BCUT2D eigenvalue weighted by Gasteiger charge is -2.33. The van der Waals surface area contributed by atoms with Crippen LogP contribution in [0, 0.1) is 3.57 Å². The van der Waals surface area contributed by atoms with Crippen molar-refractivity contribution in [3.8, 4) is 0 Å². The van der Waals surface area contributed by atoms with Crippen molar-refractivity contribution >= 4 is 34.2 Å². The van der Waals surface area contributed by atoms with Crippen LogP contribution in [-0.2, 0) is 19.1 Å². The second kappa shape index (κ2) is 9.65. The average Bonchev–Trinajstić information content (AvgIpc) is 2.69. The monoisotopic (exact) mass is 531 g/mol. The molecule has 0 saturated carbocycles. The lowest BCUT2D eigenvalue weighted by atomic mass is 10.0. The highest BCUT2D eigenvalue weighted by atomic mass is 127. The van der Waals surface area contributed by atoms with Crippen LogP contribution in [0.5, 0.6) is 0 Å². The molecule has 1 N–H and O–H groups in total. The van der Waals surface area contributed by atoms with Gasteiger partial charge in [-0.1, -0.05) is 13.0 Å². The predicted octanol–water partition coefficient (Wildman–Crippen LogP) is 4.87. The molecule has 30 heavy (non-hydrogen) atoms. The van der Waals surface area contributed by atoms with Crippen LogP contribution in [0.15, 0.2) is 36.4 Å². The maximum atomic E-state index is 13.5. The molecule has 0 aromatic heterocycles. The highest BCUT2D eigenvalue weighted by Crippen LogP contribution is 2.34. The number of hydrogen-bond acceptors (Lipinski definition) is 3. The fraction of sp³-hybridized carbons (Fsp3) is 0.409. The van der Waals surface area contributed by atoms with Gasteiger partial charge in [0.1, 0.15) is 0 Å². The van der Waals surface area contributed by atoms with Crippen molar-refractivity contribution < 1.29 is 18.0 Å². The molecule has 1 aliphatic rings. The number of nitrogens with one attached hydrogen (secondary N) is 1. The van der Waals surface area contributed by atoms with Crippen LogP contribution >= 0.6 is 22.6 Å². The van der Waals surface area contributed by atoms with Gasteiger partial charge in [0.15, 0.2) is 0 Å². The Bertz CT molecular complexity index is 909. The quantitative estimate of drug-likeness (QED) is 0.560. The molecule has 0 bridgehead atoms. The van der Waals surface area contributed by atoms with Gasteiger partial charge in [0.05, 0.1) is 5.56 Å². The van der Waals surface area contributed by atoms with Gasteiger partial charge in [-0.25, -0.2) is 0 Å². The molecule has 1 aliphatic heterocycles. The molecule has 4 nitrogen and oxygen atoms in total. The molecule has 0 spiro atoms. The first-order chi connectivity index (χ1) is 14.2. The van der Waals surface area contributed by atoms with Gasteiger partial charge in [0, 0.05) is 47.5 Å². The number of halogens is 4. The maximum absolute atomic E-state index is 13.5. The minimum absolute atomic E-state index is 0.181. The molecule has 1 amide bonds. The van der Waals surface area contributed by atoms with Crippen molar-refractivity contribution in [2.24, 2.45) is 0 Å². The first kappa shape index (κ1) is 23.0. The van der Waals surface area contributed by atoms with Crippen molar-refractivity contribution in [2.45, 2.75) is 26.1 Å². The molecule has 2 aromatic rings. The molecule has 0 aliphatic carbocycles. The van der Waals surface area contributed by atoms with Crippen molar-refractivity contribution in [3.63, 3.8) is 0 Å². The second-order valence-corrected chi connectivity index (χ2v) is 8.73. The number of carbonyl (C=O) groups excluding carboxylic acids is 1. The summed E-state index contributed by atoms with van der Waals surface area (Å²) in [6.07, 6.45) is -3.56. The van der Waals surface area contributed by atoms with Gasteiger partial charge in [-0.05, 0) is 77.5 Å². The molecule has 1 fully saturated rings.